The van der Waals surface area contributed by atoms with Gasteiger partial charge in [-0.2, -0.15) is 0 Å². The summed E-state index contributed by atoms with van der Waals surface area (Å²) in [5.41, 5.74) is 7.30. The van der Waals surface area contributed by atoms with Crippen molar-refractivity contribution in [2.24, 2.45) is 11.7 Å². The van der Waals surface area contributed by atoms with E-state index in [0.717, 1.165) is 34.7 Å². The standard InChI is InChI=1S/C31H35F3N4O3/c1-21-20-37(17-18-38(21)28(39)19-22-13-15-36(16-14-22)30(35)40)29(24-9-11-25(12-10-24)41-31(32,33)34)27-8-4-6-23-5-2-3-7-26(23)27/h2-12,21-22,29H,13-20H2,1H3,(H2,35,40). The predicted octanol–water partition coefficient (Wildman–Crippen LogP) is 5.54. The summed E-state index contributed by atoms with van der Waals surface area (Å²) in [7, 11) is 0. The summed E-state index contributed by atoms with van der Waals surface area (Å²) < 4.78 is 42.5. The van der Waals surface area contributed by atoms with Gasteiger partial charge in [-0.05, 0) is 59.7 Å². The Labute approximate surface area is 237 Å². The number of halogens is 3. The van der Waals surface area contributed by atoms with Gasteiger partial charge in [0, 0.05) is 45.2 Å². The van der Waals surface area contributed by atoms with Crippen LogP contribution in [-0.2, 0) is 4.79 Å². The molecule has 10 heteroatoms. The minimum atomic E-state index is -4.76. The Bertz CT molecular complexity index is 1370. The number of carbonyl (C=O) groups excluding carboxylic acids is 2. The number of primary amides is 1. The second-order valence-electron chi connectivity index (χ2n) is 11.0. The molecule has 2 heterocycles. The number of likely N-dealkylation sites (tertiary alicyclic amines) is 1. The summed E-state index contributed by atoms with van der Waals surface area (Å²) in [5.74, 6) is 0.0811. The molecule has 0 aromatic heterocycles. The number of ether oxygens (including phenoxy) is 1. The number of benzene rings is 3. The molecule has 2 aliphatic rings. The number of amides is 3. The lowest BCUT2D eigenvalue weighted by molar-refractivity contribution is -0.274. The van der Waals surface area contributed by atoms with E-state index in [9.17, 15) is 22.8 Å². The van der Waals surface area contributed by atoms with Gasteiger partial charge in [-0.25, -0.2) is 4.79 Å². The van der Waals surface area contributed by atoms with Crippen LogP contribution in [0.3, 0.4) is 0 Å². The van der Waals surface area contributed by atoms with E-state index in [-0.39, 0.29) is 29.7 Å². The zero-order valence-electron chi connectivity index (χ0n) is 23.0. The molecule has 2 N–H and O–H groups in total. The topological polar surface area (TPSA) is 79.1 Å². The molecule has 3 amide bonds. The van der Waals surface area contributed by atoms with E-state index >= 15 is 0 Å². The van der Waals surface area contributed by atoms with E-state index < -0.39 is 12.4 Å². The molecule has 0 bridgehead atoms. The second kappa shape index (κ2) is 12.0. The van der Waals surface area contributed by atoms with Crippen molar-refractivity contribution in [3.05, 3.63) is 77.9 Å². The predicted molar refractivity (Wildman–Crippen MR) is 150 cm³/mol. The minimum Gasteiger partial charge on any atom is -0.406 e. The molecule has 0 spiro atoms. The van der Waals surface area contributed by atoms with Crippen molar-refractivity contribution >= 4 is 22.7 Å². The smallest absolute Gasteiger partial charge is 0.406 e. The van der Waals surface area contributed by atoms with Gasteiger partial charge in [-0.15, -0.1) is 13.2 Å². The Morgan fingerprint density at radius 3 is 2.29 bits per heavy atom. The fourth-order valence-corrected chi connectivity index (χ4v) is 6.24. The number of piperazine rings is 1. The zero-order chi connectivity index (χ0) is 29.1. The Balaban J connectivity index is 1.35. The van der Waals surface area contributed by atoms with Crippen LogP contribution >= 0.6 is 0 Å². The first-order valence-electron chi connectivity index (χ1n) is 14.0. The van der Waals surface area contributed by atoms with Crippen molar-refractivity contribution in [2.75, 3.05) is 32.7 Å². The number of alkyl halides is 3. The fourth-order valence-electron chi connectivity index (χ4n) is 6.24. The highest BCUT2D eigenvalue weighted by molar-refractivity contribution is 5.86. The highest BCUT2D eigenvalue weighted by atomic mass is 19.4. The monoisotopic (exact) mass is 568 g/mol. The summed E-state index contributed by atoms with van der Waals surface area (Å²) in [5, 5.41) is 2.15. The number of carbonyl (C=O) groups is 2. The number of hydrogen-bond acceptors (Lipinski definition) is 4. The molecule has 5 rings (SSSR count). The van der Waals surface area contributed by atoms with E-state index in [1.807, 2.05) is 42.2 Å². The van der Waals surface area contributed by atoms with Crippen LogP contribution < -0.4 is 10.5 Å². The molecule has 2 aliphatic heterocycles. The molecule has 0 saturated carbocycles. The quantitative estimate of drug-likeness (QED) is 0.424. The first-order chi connectivity index (χ1) is 19.6. The number of hydrogen-bond donors (Lipinski definition) is 1. The van der Waals surface area contributed by atoms with Crippen molar-refractivity contribution in [1.29, 1.82) is 0 Å². The zero-order valence-corrected chi connectivity index (χ0v) is 23.0. The maximum atomic E-state index is 13.3. The van der Waals surface area contributed by atoms with Gasteiger partial charge in [0.2, 0.25) is 5.91 Å². The number of nitrogens with two attached hydrogens (primary N) is 1. The molecule has 218 valence electrons. The molecule has 2 atom stereocenters. The van der Waals surface area contributed by atoms with Crippen LogP contribution in [-0.4, -0.2) is 71.8 Å². The Kier molecular flexibility index (Phi) is 8.40. The van der Waals surface area contributed by atoms with Crippen LogP contribution in [0.25, 0.3) is 10.8 Å². The van der Waals surface area contributed by atoms with Gasteiger partial charge in [-0.3, -0.25) is 9.69 Å². The summed E-state index contributed by atoms with van der Waals surface area (Å²) in [6, 6.07) is 19.6. The third-order valence-corrected chi connectivity index (χ3v) is 8.28. The summed E-state index contributed by atoms with van der Waals surface area (Å²) in [6.07, 6.45) is -2.78. The molecule has 3 aromatic rings. The van der Waals surface area contributed by atoms with E-state index in [1.54, 1.807) is 17.0 Å². The molecule has 0 aliphatic carbocycles. The van der Waals surface area contributed by atoms with E-state index in [0.29, 0.717) is 39.1 Å². The average Bonchev–Trinajstić information content (AvgIpc) is 2.94. The Morgan fingerprint density at radius 1 is 0.951 bits per heavy atom. The second-order valence-corrected chi connectivity index (χ2v) is 11.0. The molecule has 2 saturated heterocycles. The largest absolute Gasteiger partial charge is 0.573 e. The number of urea groups is 1. The SMILES string of the molecule is CC1CN(C(c2ccc(OC(F)(F)F)cc2)c2cccc3ccccc23)CCN1C(=O)CC1CCN(C(N)=O)CC1. The molecule has 0 radical (unpaired) electrons. The van der Waals surface area contributed by atoms with Crippen molar-refractivity contribution in [1.82, 2.24) is 14.7 Å². The number of nitrogens with zero attached hydrogens (tertiary/aromatic N) is 3. The molecular weight excluding hydrogens is 533 g/mol. The van der Waals surface area contributed by atoms with Gasteiger partial charge in [-0.1, -0.05) is 54.6 Å². The third-order valence-electron chi connectivity index (χ3n) is 8.28. The van der Waals surface area contributed by atoms with Crippen LogP contribution in [0, 0.1) is 5.92 Å². The van der Waals surface area contributed by atoms with Crippen molar-refractivity contribution in [3.8, 4) is 5.75 Å². The number of rotatable bonds is 6. The van der Waals surface area contributed by atoms with Crippen LogP contribution in [0.4, 0.5) is 18.0 Å². The van der Waals surface area contributed by atoms with Gasteiger partial charge in [0.1, 0.15) is 5.75 Å². The van der Waals surface area contributed by atoms with E-state index in [2.05, 4.69) is 21.8 Å². The van der Waals surface area contributed by atoms with E-state index in [1.165, 1.54) is 12.1 Å². The number of fused-ring (bicyclic) bond motifs is 1. The first kappa shape index (κ1) is 28.7. The lowest BCUT2D eigenvalue weighted by atomic mass is 9.91. The average molecular weight is 569 g/mol. The molecule has 7 nitrogen and oxygen atoms in total. The molecule has 2 unspecified atom stereocenters. The fraction of sp³-hybridized carbons (Fsp3) is 0.419. The lowest BCUT2D eigenvalue weighted by Crippen LogP contribution is -2.55. The van der Waals surface area contributed by atoms with Gasteiger partial charge < -0.3 is 20.3 Å². The summed E-state index contributed by atoms with van der Waals surface area (Å²) in [4.78, 5) is 30.6. The highest BCUT2D eigenvalue weighted by Crippen LogP contribution is 2.36. The van der Waals surface area contributed by atoms with Gasteiger partial charge in [0.15, 0.2) is 0 Å². The summed E-state index contributed by atoms with van der Waals surface area (Å²) in [6.45, 7) is 4.98. The van der Waals surface area contributed by atoms with Gasteiger partial charge in [0.05, 0.1) is 6.04 Å². The van der Waals surface area contributed by atoms with Crippen LogP contribution in [0.1, 0.15) is 43.4 Å². The van der Waals surface area contributed by atoms with E-state index in [4.69, 9.17) is 5.73 Å². The van der Waals surface area contributed by atoms with Crippen LogP contribution in [0.2, 0.25) is 0 Å². The van der Waals surface area contributed by atoms with Crippen LogP contribution in [0.15, 0.2) is 66.7 Å². The van der Waals surface area contributed by atoms with Crippen molar-refractivity contribution in [3.63, 3.8) is 0 Å². The Hall–Kier alpha value is -3.79. The van der Waals surface area contributed by atoms with Gasteiger partial charge in [0.25, 0.3) is 0 Å². The minimum absolute atomic E-state index is 0.0488. The normalized spacial score (nSPS) is 19.8. The first-order valence-corrected chi connectivity index (χ1v) is 14.0. The maximum Gasteiger partial charge on any atom is 0.573 e. The molecule has 2 fully saturated rings. The van der Waals surface area contributed by atoms with Crippen LogP contribution in [0.5, 0.6) is 5.75 Å². The third kappa shape index (κ3) is 6.75. The maximum absolute atomic E-state index is 13.3. The Morgan fingerprint density at radius 2 is 1.63 bits per heavy atom. The van der Waals surface area contributed by atoms with Crippen molar-refractivity contribution < 1.29 is 27.5 Å². The lowest BCUT2D eigenvalue weighted by Gasteiger charge is -2.44. The van der Waals surface area contributed by atoms with Crippen molar-refractivity contribution in [2.45, 2.75) is 44.6 Å². The summed E-state index contributed by atoms with van der Waals surface area (Å²) >= 11 is 0. The molecule has 3 aromatic carbocycles. The highest BCUT2D eigenvalue weighted by Gasteiger charge is 2.35. The van der Waals surface area contributed by atoms with Gasteiger partial charge >= 0.3 is 12.4 Å². The molecular formula is C31H35F3N4O3. The number of piperidine rings is 1. The molecule has 41 heavy (non-hydrogen) atoms.